The molecule has 1 rings (SSSR count). The van der Waals surface area contributed by atoms with Gasteiger partial charge in [-0.25, -0.2) is 0 Å². The van der Waals surface area contributed by atoms with Gasteiger partial charge in [-0.05, 0) is 25.8 Å². The zero-order chi connectivity index (χ0) is 13.8. The molecule has 18 heavy (non-hydrogen) atoms. The molecule has 1 amide bonds. The quantitative estimate of drug-likeness (QED) is 0.633. The molecule has 0 bridgehead atoms. The Morgan fingerprint density at radius 2 is 2.22 bits per heavy atom. The Labute approximate surface area is 108 Å². The first-order chi connectivity index (χ1) is 8.45. The molecule has 0 aromatic carbocycles. The van der Waals surface area contributed by atoms with Gasteiger partial charge in [0.1, 0.15) is 6.04 Å². The lowest BCUT2D eigenvalue weighted by Gasteiger charge is -2.27. The lowest BCUT2D eigenvalue weighted by molar-refractivity contribution is -0.123. The highest BCUT2D eigenvalue weighted by Crippen LogP contribution is 2.22. The fourth-order valence-electron chi connectivity index (χ4n) is 2.05. The minimum atomic E-state index is -3.56. The number of nitrogens with two attached hydrogens (primary N) is 1. The maximum Gasteiger partial charge on any atom is 0.282 e. The third kappa shape index (κ3) is 3.19. The van der Waals surface area contributed by atoms with E-state index in [2.05, 4.69) is 5.32 Å². The summed E-state index contributed by atoms with van der Waals surface area (Å²) in [7, 11) is -0.529. The summed E-state index contributed by atoms with van der Waals surface area (Å²) in [5, 5.41) is 2.51. The van der Waals surface area contributed by atoms with Crippen molar-refractivity contribution in [3.8, 4) is 0 Å². The van der Waals surface area contributed by atoms with E-state index in [-0.39, 0.29) is 5.91 Å². The van der Waals surface area contributed by atoms with E-state index in [1.54, 1.807) is 0 Å². The number of amides is 1. The van der Waals surface area contributed by atoms with Crippen molar-refractivity contribution >= 4 is 16.1 Å². The van der Waals surface area contributed by atoms with Gasteiger partial charge in [-0.1, -0.05) is 0 Å². The van der Waals surface area contributed by atoms with Crippen LogP contribution in [0.2, 0.25) is 0 Å². The zero-order valence-corrected chi connectivity index (χ0v) is 11.7. The molecular weight excluding hydrogens is 256 g/mol. The molecular formula is C10H22N4O3S. The molecule has 0 saturated carbocycles. The molecule has 0 aromatic heterocycles. The molecule has 8 heteroatoms. The highest BCUT2D eigenvalue weighted by Gasteiger charge is 2.39. The van der Waals surface area contributed by atoms with Gasteiger partial charge in [0, 0.05) is 27.2 Å². The van der Waals surface area contributed by atoms with Crippen LogP contribution in [0.5, 0.6) is 0 Å². The monoisotopic (exact) mass is 278 g/mol. The Morgan fingerprint density at radius 1 is 1.56 bits per heavy atom. The zero-order valence-electron chi connectivity index (χ0n) is 10.9. The third-order valence-electron chi connectivity index (χ3n) is 3.12. The molecule has 7 nitrogen and oxygen atoms in total. The predicted octanol–water partition coefficient (Wildman–Crippen LogP) is -1.28. The molecule has 0 aromatic rings. The average molecular weight is 278 g/mol. The van der Waals surface area contributed by atoms with Crippen LogP contribution < -0.4 is 11.1 Å². The van der Waals surface area contributed by atoms with E-state index in [0.29, 0.717) is 38.9 Å². The highest BCUT2D eigenvalue weighted by atomic mass is 32.2. The Balaban J connectivity index is 2.80. The lowest BCUT2D eigenvalue weighted by atomic mass is 10.2. The minimum absolute atomic E-state index is 0.247. The predicted molar refractivity (Wildman–Crippen MR) is 69.0 cm³/mol. The Morgan fingerprint density at radius 3 is 2.78 bits per heavy atom. The van der Waals surface area contributed by atoms with E-state index in [1.807, 2.05) is 0 Å². The van der Waals surface area contributed by atoms with Crippen LogP contribution >= 0.6 is 0 Å². The van der Waals surface area contributed by atoms with E-state index in [0.717, 1.165) is 0 Å². The summed E-state index contributed by atoms with van der Waals surface area (Å²) in [5.74, 6) is -0.247. The van der Waals surface area contributed by atoms with E-state index in [4.69, 9.17) is 5.73 Å². The lowest BCUT2D eigenvalue weighted by Crippen LogP contribution is -2.49. The molecule has 1 unspecified atom stereocenters. The molecule has 1 aliphatic heterocycles. The molecule has 1 atom stereocenters. The maximum atomic E-state index is 12.3. The van der Waals surface area contributed by atoms with Crippen LogP contribution in [-0.4, -0.2) is 62.7 Å². The Hall–Kier alpha value is -0.700. The van der Waals surface area contributed by atoms with E-state index in [1.165, 1.54) is 22.7 Å². The molecule has 0 radical (unpaired) electrons. The summed E-state index contributed by atoms with van der Waals surface area (Å²) in [6, 6.07) is -0.583. The molecule has 0 aliphatic carbocycles. The molecule has 1 fully saturated rings. The second kappa shape index (κ2) is 6.46. The summed E-state index contributed by atoms with van der Waals surface area (Å²) in [5.41, 5.74) is 5.37. The number of nitrogens with one attached hydrogen (secondary N) is 1. The number of hydrogen-bond donors (Lipinski definition) is 2. The number of likely N-dealkylation sites (N-methyl/N-ethyl adjacent to an activating group) is 1. The normalized spacial score (nSPS) is 21.4. The van der Waals surface area contributed by atoms with Crippen molar-refractivity contribution in [3.05, 3.63) is 0 Å². The fraction of sp³-hybridized carbons (Fsp3) is 0.900. The molecule has 1 saturated heterocycles. The van der Waals surface area contributed by atoms with Crippen LogP contribution in [0, 0.1) is 0 Å². The number of nitrogens with zero attached hydrogens (tertiary/aromatic N) is 2. The van der Waals surface area contributed by atoms with Gasteiger partial charge in [0.15, 0.2) is 0 Å². The Kier molecular flexibility index (Phi) is 5.51. The van der Waals surface area contributed by atoms with Crippen LogP contribution in [0.3, 0.4) is 0 Å². The molecule has 1 aliphatic rings. The van der Waals surface area contributed by atoms with Gasteiger partial charge in [-0.2, -0.15) is 17.0 Å². The van der Waals surface area contributed by atoms with Crippen LogP contribution in [0.15, 0.2) is 0 Å². The van der Waals surface area contributed by atoms with Gasteiger partial charge in [0.05, 0.1) is 0 Å². The fourth-order valence-corrected chi connectivity index (χ4v) is 3.65. The van der Waals surface area contributed by atoms with Crippen molar-refractivity contribution in [1.29, 1.82) is 0 Å². The average Bonchev–Trinajstić information content (AvgIpc) is 2.84. The number of carbonyl (C=O) groups excluding carboxylic acids is 1. The Bertz CT molecular complexity index is 385. The molecule has 3 N–H and O–H groups in total. The van der Waals surface area contributed by atoms with Gasteiger partial charge in [-0.3, -0.25) is 4.79 Å². The summed E-state index contributed by atoms with van der Waals surface area (Å²) >= 11 is 0. The third-order valence-corrected chi connectivity index (χ3v) is 5.12. The second-order valence-corrected chi connectivity index (χ2v) is 6.34. The topological polar surface area (TPSA) is 95.7 Å². The summed E-state index contributed by atoms with van der Waals surface area (Å²) in [4.78, 5) is 11.7. The largest absolute Gasteiger partial charge is 0.358 e. The second-order valence-electron chi connectivity index (χ2n) is 4.35. The molecule has 1 heterocycles. The maximum absolute atomic E-state index is 12.3. The molecule has 106 valence electrons. The minimum Gasteiger partial charge on any atom is -0.358 e. The standard InChI is InChI=1S/C10H22N4O3S/c1-12-10(15)9-5-3-8-14(9)18(16,17)13(2)7-4-6-11/h9H,3-8,11H2,1-2H3,(H,12,15). The van der Waals surface area contributed by atoms with Crippen molar-refractivity contribution in [3.63, 3.8) is 0 Å². The van der Waals surface area contributed by atoms with Crippen LogP contribution in [-0.2, 0) is 15.0 Å². The van der Waals surface area contributed by atoms with Crippen LogP contribution in [0.25, 0.3) is 0 Å². The van der Waals surface area contributed by atoms with E-state index in [9.17, 15) is 13.2 Å². The van der Waals surface area contributed by atoms with Crippen molar-refractivity contribution in [2.75, 3.05) is 33.7 Å². The first-order valence-electron chi connectivity index (χ1n) is 6.10. The van der Waals surface area contributed by atoms with Crippen molar-refractivity contribution in [2.45, 2.75) is 25.3 Å². The highest BCUT2D eigenvalue weighted by molar-refractivity contribution is 7.86. The summed E-state index contributed by atoms with van der Waals surface area (Å²) < 4.78 is 27.1. The smallest absolute Gasteiger partial charge is 0.282 e. The van der Waals surface area contributed by atoms with Gasteiger partial charge >= 0.3 is 0 Å². The van der Waals surface area contributed by atoms with Gasteiger partial charge in [-0.15, -0.1) is 0 Å². The first kappa shape index (κ1) is 15.4. The summed E-state index contributed by atoms with van der Waals surface area (Å²) in [6.45, 7) is 1.21. The van der Waals surface area contributed by atoms with Crippen LogP contribution in [0.4, 0.5) is 0 Å². The SMILES string of the molecule is CNC(=O)C1CCCN1S(=O)(=O)N(C)CCCN. The van der Waals surface area contributed by atoms with E-state index < -0.39 is 16.3 Å². The number of hydrogen-bond acceptors (Lipinski definition) is 4. The van der Waals surface area contributed by atoms with Crippen molar-refractivity contribution in [2.24, 2.45) is 5.73 Å². The van der Waals surface area contributed by atoms with Gasteiger partial charge in [0.2, 0.25) is 5.91 Å². The van der Waals surface area contributed by atoms with Crippen molar-refractivity contribution in [1.82, 2.24) is 13.9 Å². The van der Waals surface area contributed by atoms with Gasteiger partial charge < -0.3 is 11.1 Å². The number of carbonyl (C=O) groups is 1. The van der Waals surface area contributed by atoms with Crippen molar-refractivity contribution < 1.29 is 13.2 Å². The first-order valence-corrected chi connectivity index (χ1v) is 7.49. The number of rotatable bonds is 6. The van der Waals surface area contributed by atoms with Crippen LogP contribution in [0.1, 0.15) is 19.3 Å². The summed E-state index contributed by atoms with van der Waals surface area (Å²) in [6.07, 6.45) is 1.89. The molecule has 0 spiro atoms. The van der Waals surface area contributed by atoms with Gasteiger partial charge in [0.25, 0.3) is 10.2 Å². The van der Waals surface area contributed by atoms with E-state index >= 15 is 0 Å².